The lowest BCUT2D eigenvalue weighted by Gasteiger charge is -2.09. The molecule has 0 atom stereocenters. The third-order valence-electron chi connectivity index (χ3n) is 6.15. The first-order valence-corrected chi connectivity index (χ1v) is 17.3. The quantitative estimate of drug-likeness (QED) is 0.0696. The average Bonchev–Trinajstić information content (AvgIpc) is 3.06. The Labute approximate surface area is 278 Å². The van der Waals surface area contributed by atoms with E-state index in [0.717, 1.165) is 12.8 Å². The molecule has 0 saturated carbocycles. The summed E-state index contributed by atoms with van der Waals surface area (Å²) in [5.74, 6) is -0.143. The van der Waals surface area contributed by atoms with Crippen LogP contribution in [0.25, 0.3) is 0 Å². The summed E-state index contributed by atoms with van der Waals surface area (Å²) in [5.41, 5.74) is 0. The van der Waals surface area contributed by atoms with Gasteiger partial charge < -0.3 is 56.8 Å². The Morgan fingerprint density at radius 1 is 0.326 bits per heavy atom. The fourth-order valence-electron chi connectivity index (χ4n) is 3.68. The van der Waals surface area contributed by atoms with Crippen molar-refractivity contribution in [2.75, 3.05) is 152 Å². The number of ether oxygens (including phenoxy) is 12. The van der Waals surface area contributed by atoms with Crippen LogP contribution in [0.15, 0.2) is 0 Å². The van der Waals surface area contributed by atoms with Gasteiger partial charge in [-0.2, -0.15) is 0 Å². The minimum atomic E-state index is -0.143. The van der Waals surface area contributed by atoms with Crippen LogP contribution in [-0.4, -0.2) is 158 Å². The fourth-order valence-corrected chi connectivity index (χ4v) is 3.68. The maximum absolute atomic E-state index is 11.7. The van der Waals surface area contributed by atoms with Crippen LogP contribution in [0.5, 0.6) is 0 Å². The first-order chi connectivity index (χ1) is 22.8. The highest BCUT2D eigenvalue weighted by Crippen LogP contribution is 2.07. The minimum Gasteiger partial charge on any atom is -0.463 e. The molecule has 0 aliphatic rings. The van der Waals surface area contributed by atoms with Gasteiger partial charge in [-0.3, -0.25) is 4.79 Å². The monoisotopic (exact) mass is 670 g/mol. The molecule has 0 aliphatic heterocycles. The van der Waals surface area contributed by atoms with Crippen molar-refractivity contribution in [2.45, 2.75) is 58.8 Å². The molecule has 13 heteroatoms. The standard InChI is InChI=1S/C33H66O13/c1-3-5-6-7-8-9-10-33(34)46-32-31-45-30-29-44-28-27-43-26-25-42-24-23-41-22-21-40-20-19-39-18-17-38-16-15-37-14-13-36-12-11-35-4-2/h3-32H2,1-2H3. The maximum atomic E-state index is 11.7. The molecule has 0 aliphatic carbocycles. The normalized spacial score (nSPS) is 11.4. The third kappa shape index (κ3) is 41.1. The Bertz CT molecular complexity index is 572. The van der Waals surface area contributed by atoms with Gasteiger partial charge in [0, 0.05) is 13.0 Å². The van der Waals surface area contributed by atoms with Crippen molar-refractivity contribution in [1.29, 1.82) is 0 Å². The summed E-state index contributed by atoms with van der Waals surface area (Å²) in [4.78, 5) is 11.7. The van der Waals surface area contributed by atoms with E-state index in [1.807, 2.05) is 6.92 Å². The van der Waals surface area contributed by atoms with Crippen molar-refractivity contribution in [1.82, 2.24) is 0 Å². The molecule has 0 saturated heterocycles. The van der Waals surface area contributed by atoms with E-state index in [-0.39, 0.29) is 12.6 Å². The highest BCUT2D eigenvalue weighted by Gasteiger charge is 2.02. The van der Waals surface area contributed by atoms with Crippen LogP contribution < -0.4 is 0 Å². The van der Waals surface area contributed by atoms with E-state index in [1.54, 1.807) is 0 Å². The average molecular weight is 671 g/mol. The molecular weight excluding hydrogens is 604 g/mol. The molecule has 0 bridgehead atoms. The van der Waals surface area contributed by atoms with Crippen LogP contribution in [0.3, 0.4) is 0 Å². The van der Waals surface area contributed by atoms with Gasteiger partial charge in [-0.25, -0.2) is 0 Å². The summed E-state index contributed by atoms with van der Waals surface area (Å²) in [6.45, 7) is 15.9. The van der Waals surface area contributed by atoms with Crippen molar-refractivity contribution >= 4 is 5.97 Å². The molecule has 0 aromatic rings. The SMILES string of the molecule is CCCCCCCCC(=O)OCCOCCOCCOCCOCCOCCOCCOCCOCCOCCOCCOCC. The largest absolute Gasteiger partial charge is 0.463 e. The number of carbonyl (C=O) groups excluding carboxylic acids is 1. The Morgan fingerprint density at radius 3 is 0.891 bits per heavy atom. The van der Waals surface area contributed by atoms with E-state index >= 15 is 0 Å². The van der Waals surface area contributed by atoms with Crippen molar-refractivity contribution < 1.29 is 61.6 Å². The zero-order valence-electron chi connectivity index (χ0n) is 29.0. The van der Waals surface area contributed by atoms with Crippen LogP contribution in [0.4, 0.5) is 0 Å². The van der Waals surface area contributed by atoms with E-state index in [2.05, 4.69) is 6.92 Å². The Morgan fingerprint density at radius 2 is 0.587 bits per heavy atom. The zero-order valence-corrected chi connectivity index (χ0v) is 29.0. The van der Waals surface area contributed by atoms with E-state index in [4.69, 9.17) is 56.8 Å². The van der Waals surface area contributed by atoms with Crippen molar-refractivity contribution in [3.8, 4) is 0 Å². The molecule has 0 rings (SSSR count). The molecule has 13 nitrogen and oxygen atoms in total. The van der Waals surface area contributed by atoms with Gasteiger partial charge >= 0.3 is 5.97 Å². The second-order valence-corrected chi connectivity index (χ2v) is 10.1. The molecular formula is C33H66O13. The van der Waals surface area contributed by atoms with Gasteiger partial charge in [-0.15, -0.1) is 0 Å². The van der Waals surface area contributed by atoms with E-state index in [9.17, 15) is 4.79 Å². The Balaban J connectivity index is 3.09. The summed E-state index contributed by atoms with van der Waals surface area (Å²) >= 11 is 0. The van der Waals surface area contributed by atoms with Gasteiger partial charge in [-0.1, -0.05) is 39.0 Å². The van der Waals surface area contributed by atoms with Crippen LogP contribution in [-0.2, 0) is 61.6 Å². The summed E-state index contributed by atoms with van der Waals surface area (Å²) in [7, 11) is 0. The minimum absolute atomic E-state index is 0.143. The molecule has 0 aromatic carbocycles. The summed E-state index contributed by atoms with van der Waals surface area (Å²) < 4.78 is 64.8. The third-order valence-corrected chi connectivity index (χ3v) is 6.15. The Hall–Kier alpha value is -0.970. The topological polar surface area (TPSA) is 128 Å². The molecule has 0 aromatic heterocycles. The molecule has 0 unspecified atom stereocenters. The number of unbranched alkanes of at least 4 members (excludes halogenated alkanes) is 5. The Kier molecular flexibility index (Phi) is 41.2. The van der Waals surface area contributed by atoms with Crippen molar-refractivity contribution in [2.24, 2.45) is 0 Å². The lowest BCUT2D eigenvalue weighted by atomic mass is 10.1. The lowest BCUT2D eigenvalue weighted by Crippen LogP contribution is -2.15. The second-order valence-electron chi connectivity index (χ2n) is 10.1. The molecule has 276 valence electrons. The van der Waals surface area contributed by atoms with Gasteiger partial charge in [0.1, 0.15) is 6.61 Å². The highest BCUT2D eigenvalue weighted by atomic mass is 16.6. The van der Waals surface area contributed by atoms with E-state index in [1.165, 1.54) is 25.7 Å². The number of carbonyl (C=O) groups is 1. The fraction of sp³-hybridized carbons (Fsp3) is 0.970. The smallest absolute Gasteiger partial charge is 0.305 e. The van der Waals surface area contributed by atoms with E-state index in [0.29, 0.717) is 152 Å². The molecule has 0 heterocycles. The predicted octanol–water partition coefficient (Wildman–Crippen LogP) is 3.48. The van der Waals surface area contributed by atoms with Gasteiger partial charge in [0.05, 0.1) is 139 Å². The summed E-state index contributed by atoms with van der Waals surface area (Å²) in [5, 5.41) is 0. The number of rotatable bonds is 41. The van der Waals surface area contributed by atoms with Crippen molar-refractivity contribution in [3.63, 3.8) is 0 Å². The first-order valence-electron chi connectivity index (χ1n) is 17.3. The van der Waals surface area contributed by atoms with Crippen LogP contribution >= 0.6 is 0 Å². The molecule has 0 amide bonds. The zero-order chi connectivity index (χ0) is 33.3. The lowest BCUT2D eigenvalue weighted by molar-refractivity contribution is -0.145. The highest BCUT2D eigenvalue weighted by molar-refractivity contribution is 5.69. The van der Waals surface area contributed by atoms with Gasteiger partial charge in [0.15, 0.2) is 0 Å². The van der Waals surface area contributed by atoms with Crippen molar-refractivity contribution in [3.05, 3.63) is 0 Å². The molecule has 0 spiro atoms. The van der Waals surface area contributed by atoms with Gasteiger partial charge in [0.25, 0.3) is 0 Å². The maximum Gasteiger partial charge on any atom is 0.305 e. The van der Waals surface area contributed by atoms with Gasteiger partial charge in [-0.05, 0) is 13.3 Å². The van der Waals surface area contributed by atoms with Gasteiger partial charge in [0.2, 0.25) is 0 Å². The number of hydrogen-bond donors (Lipinski definition) is 0. The second kappa shape index (κ2) is 42.1. The molecule has 0 radical (unpaired) electrons. The number of esters is 1. The summed E-state index contributed by atoms with van der Waals surface area (Å²) in [6.07, 6.45) is 7.43. The van der Waals surface area contributed by atoms with E-state index < -0.39 is 0 Å². The van der Waals surface area contributed by atoms with Crippen LogP contribution in [0, 0.1) is 0 Å². The predicted molar refractivity (Wildman–Crippen MR) is 174 cm³/mol. The van der Waals surface area contributed by atoms with Crippen LogP contribution in [0.1, 0.15) is 58.8 Å². The molecule has 0 fully saturated rings. The first kappa shape index (κ1) is 45.0. The molecule has 0 N–H and O–H groups in total. The summed E-state index contributed by atoms with van der Waals surface area (Å²) in [6, 6.07) is 0. The number of hydrogen-bond acceptors (Lipinski definition) is 13. The molecule has 46 heavy (non-hydrogen) atoms. The van der Waals surface area contributed by atoms with Crippen LogP contribution in [0.2, 0.25) is 0 Å².